The zero-order valence-corrected chi connectivity index (χ0v) is 8.22. The summed E-state index contributed by atoms with van der Waals surface area (Å²) in [6.45, 7) is 0. The molecule has 0 radical (unpaired) electrons. The SMILES string of the molecule is COC(=O)Cc1cc(C(F)(F)F)cc(=O)[nH]1. The molecule has 0 saturated carbocycles. The van der Waals surface area contributed by atoms with Crippen LogP contribution >= 0.6 is 0 Å². The van der Waals surface area contributed by atoms with E-state index in [9.17, 15) is 22.8 Å². The minimum absolute atomic E-state index is 0.133. The number of pyridine rings is 1. The molecule has 1 aromatic rings. The first-order chi connectivity index (χ1) is 7.32. The monoisotopic (exact) mass is 235 g/mol. The number of rotatable bonds is 2. The highest BCUT2D eigenvalue weighted by atomic mass is 19.4. The molecule has 0 atom stereocenters. The Balaban J connectivity index is 3.09. The van der Waals surface area contributed by atoms with E-state index in [2.05, 4.69) is 9.72 Å². The summed E-state index contributed by atoms with van der Waals surface area (Å²) in [5.41, 5.74) is -2.13. The normalized spacial score (nSPS) is 11.2. The Morgan fingerprint density at radius 2 is 2.06 bits per heavy atom. The molecule has 16 heavy (non-hydrogen) atoms. The van der Waals surface area contributed by atoms with Crippen molar-refractivity contribution in [3.8, 4) is 0 Å². The molecule has 7 heteroatoms. The Morgan fingerprint density at radius 3 is 2.56 bits per heavy atom. The number of aromatic nitrogens is 1. The maximum atomic E-state index is 12.3. The Hall–Kier alpha value is -1.79. The average molecular weight is 235 g/mol. The van der Waals surface area contributed by atoms with E-state index in [1.165, 1.54) is 0 Å². The summed E-state index contributed by atoms with van der Waals surface area (Å²) >= 11 is 0. The number of halogens is 3. The molecule has 0 unspecified atom stereocenters. The van der Waals surface area contributed by atoms with E-state index < -0.39 is 29.7 Å². The van der Waals surface area contributed by atoms with Gasteiger partial charge in [-0.25, -0.2) is 0 Å². The first-order valence-electron chi connectivity index (χ1n) is 4.20. The number of esters is 1. The fourth-order valence-electron chi connectivity index (χ4n) is 1.09. The van der Waals surface area contributed by atoms with E-state index in [1.54, 1.807) is 0 Å². The maximum absolute atomic E-state index is 12.3. The zero-order chi connectivity index (χ0) is 12.3. The van der Waals surface area contributed by atoms with E-state index >= 15 is 0 Å². The van der Waals surface area contributed by atoms with Crippen LogP contribution in [0.15, 0.2) is 16.9 Å². The van der Waals surface area contributed by atoms with Crippen LogP contribution in [-0.4, -0.2) is 18.1 Å². The van der Waals surface area contributed by atoms with E-state index in [0.717, 1.165) is 7.11 Å². The minimum Gasteiger partial charge on any atom is -0.469 e. The summed E-state index contributed by atoms with van der Waals surface area (Å²) in [6, 6.07) is 1.14. The zero-order valence-electron chi connectivity index (χ0n) is 8.22. The second-order valence-corrected chi connectivity index (χ2v) is 3.01. The molecule has 1 aromatic heterocycles. The molecular weight excluding hydrogens is 227 g/mol. The van der Waals surface area contributed by atoms with Crippen LogP contribution in [-0.2, 0) is 22.1 Å². The second kappa shape index (κ2) is 4.38. The summed E-state index contributed by atoms with van der Waals surface area (Å²) in [6.07, 6.45) is -5.02. The topological polar surface area (TPSA) is 59.2 Å². The van der Waals surface area contributed by atoms with Crippen LogP contribution in [0.25, 0.3) is 0 Å². The molecular formula is C9H8F3NO3. The van der Waals surface area contributed by atoms with Crippen molar-refractivity contribution in [2.75, 3.05) is 7.11 Å². The first-order valence-corrected chi connectivity index (χ1v) is 4.20. The third-order valence-corrected chi connectivity index (χ3v) is 1.79. The van der Waals surface area contributed by atoms with Gasteiger partial charge in [0.15, 0.2) is 0 Å². The number of hydrogen-bond donors (Lipinski definition) is 1. The van der Waals surface area contributed by atoms with Crippen LogP contribution in [0.5, 0.6) is 0 Å². The Kier molecular flexibility index (Phi) is 3.36. The number of carbonyl (C=O) groups excluding carboxylic acids is 1. The predicted octanol–water partition coefficient (Wildman–Crippen LogP) is 1.11. The van der Waals surface area contributed by atoms with Crippen molar-refractivity contribution in [1.82, 2.24) is 4.98 Å². The van der Waals surface area contributed by atoms with Crippen molar-refractivity contribution < 1.29 is 22.7 Å². The minimum atomic E-state index is -4.61. The lowest BCUT2D eigenvalue weighted by Crippen LogP contribution is -2.17. The Labute approximate surface area is 88.0 Å². The molecule has 1 N–H and O–H groups in total. The molecule has 0 spiro atoms. The van der Waals surface area contributed by atoms with Gasteiger partial charge >= 0.3 is 12.1 Å². The highest BCUT2D eigenvalue weighted by molar-refractivity contribution is 5.71. The average Bonchev–Trinajstić information content (AvgIpc) is 2.15. The highest BCUT2D eigenvalue weighted by Crippen LogP contribution is 2.28. The number of carbonyl (C=O) groups is 1. The van der Waals surface area contributed by atoms with Crippen LogP contribution in [0.2, 0.25) is 0 Å². The van der Waals surface area contributed by atoms with Crippen molar-refractivity contribution >= 4 is 5.97 Å². The van der Waals surface area contributed by atoms with Gasteiger partial charge in [0.05, 0.1) is 19.1 Å². The van der Waals surface area contributed by atoms with Gasteiger partial charge in [-0.15, -0.1) is 0 Å². The van der Waals surface area contributed by atoms with Crippen molar-refractivity contribution in [3.63, 3.8) is 0 Å². The van der Waals surface area contributed by atoms with Crippen molar-refractivity contribution in [1.29, 1.82) is 0 Å². The molecule has 88 valence electrons. The summed E-state index contributed by atoms with van der Waals surface area (Å²) in [4.78, 5) is 23.9. The van der Waals surface area contributed by atoms with Crippen molar-refractivity contribution in [3.05, 3.63) is 33.7 Å². The summed E-state index contributed by atoms with van der Waals surface area (Å²) in [7, 11) is 1.11. The molecule has 0 saturated heterocycles. The van der Waals surface area contributed by atoms with Gasteiger partial charge in [-0.2, -0.15) is 13.2 Å². The van der Waals surface area contributed by atoms with Crippen LogP contribution in [0.1, 0.15) is 11.3 Å². The number of alkyl halides is 3. The second-order valence-electron chi connectivity index (χ2n) is 3.01. The molecule has 0 aliphatic heterocycles. The summed E-state index contributed by atoms with van der Waals surface area (Å²) in [5.74, 6) is -0.727. The Bertz CT molecular complexity index is 450. The van der Waals surface area contributed by atoms with Crippen molar-refractivity contribution in [2.45, 2.75) is 12.6 Å². The standard InChI is InChI=1S/C9H8F3NO3/c1-16-8(15)4-6-2-5(9(10,11)12)3-7(14)13-6/h2-3H,4H2,1H3,(H,13,14). The highest BCUT2D eigenvalue weighted by Gasteiger charge is 2.31. The molecule has 1 heterocycles. The molecule has 0 aromatic carbocycles. The summed E-state index contributed by atoms with van der Waals surface area (Å²) in [5, 5.41) is 0. The number of hydrogen-bond acceptors (Lipinski definition) is 3. The molecule has 4 nitrogen and oxygen atoms in total. The third kappa shape index (κ3) is 3.11. The number of aromatic amines is 1. The van der Waals surface area contributed by atoms with E-state index in [4.69, 9.17) is 0 Å². The third-order valence-electron chi connectivity index (χ3n) is 1.79. The fraction of sp³-hybridized carbons (Fsp3) is 0.333. The summed E-state index contributed by atoms with van der Waals surface area (Å²) < 4.78 is 41.2. The van der Waals surface area contributed by atoms with E-state index in [0.29, 0.717) is 12.1 Å². The lowest BCUT2D eigenvalue weighted by molar-refractivity contribution is -0.140. The van der Waals surface area contributed by atoms with Gasteiger partial charge in [-0.1, -0.05) is 0 Å². The molecule has 0 aliphatic carbocycles. The molecule has 0 bridgehead atoms. The molecule has 1 rings (SSSR count). The van der Waals surface area contributed by atoms with Crippen LogP contribution in [0.4, 0.5) is 13.2 Å². The number of ether oxygens (including phenoxy) is 1. The lowest BCUT2D eigenvalue weighted by atomic mass is 10.2. The first kappa shape index (κ1) is 12.3. The number of methoxy groups -OCH3 is 1. The molecule has 0 fully saturated rings. The lowest BCUT2D eigenvalue weighted by Gasteiger charge is -2.07. The van der Waals surface area contributed by atoms with E-state index in [1.807, 2.05) is 0 Å². The van der Waals surface area contributed by atoms with Gasteiger partial charge in [0, 0.05) is 11.8 Å². The molecule has 0 amide bonds. The van der Waals surface area contributed by atoms with Gasteiger partial charge in [-0.3, -0.25) is 9.59 Å². The van der Waals surface area contributed by atoms with Gasteiger partial charge in [0.2, 0.25) is 5.56 Å². The smallest absolute Gasteiger partial charge is 0.416 e. The number of nitrogens with one attached hydrogen (secondary N) is 1. The Morgan fingerprint density at radius 1 is 1.44 bits per heavy atom. The van der Waals surface area contributed by atoms with E-state index in [-0.39, 0.29) is 5.69 Å². The van der Waals surface area contributed by atoms with Gasteiger partial charge < -0.3 is 9.72 Å². The van der Waals surface area contributed by atoms with Gasteiger partial charge in [-0.05, 0) is 6.07 Å². The predicted molar refractivity (Wildman–Crippen MR) is 47.8 cm³/mol. The van der Waals surface area contributed by atoms with Gasteiger partial charge in [0.1, 0.15) is 0 Å². The fourth-order valence-corrected chi connectivity index (χ4v) is 1.09. The van der Waals surface area contributed by atoms with Crippen LogP contribution < -0.4 is 5.56 Å². The van der Waals surface area contributed by atoms with Crippen molar-refractivity contribution in [2.24, 2.45) is 0 Å². The molecule has 0 aliphatic rings. The van der Waals surface area contributed by atoms with Crippen LogP contribution in [0, 0.1) is 0 Å². The quantitative estimate of drug-likeness (QED) is 0.781. The maximum Gasteiger partial charge on any atom is 0.416 e. The van der Waals surface area contributed by atoms with Crippen LogP contribution in [0.3, 0.4) is 0 Å². The van der Waals surface area contributed by atoms with Gasteiger partial charge in [0.25, 0.3) is 0 Å². The largest absolute Gasteiger partial charge is 0.469 e. The number of H-pyrrole nitrogens is 1.